The average Bonchev–Trinajstić information content (AvgIpc) is 3.17. The first-order valence-corrected chi connectivity index (χ1v) is 10.4. The standard InChI is InChI=1S/C26H26N4O/c1-18-15-19(2)17-22(16-18)27-26(31)25-28-24(14-13-21-10-5-4-6-11-21)30(29-25)23-12-8-7-9-20(23)3/h4-12,15-17H,13-14H2,1-3H3,(H,27,31). The molecule has 1 heterocycles. The number of anilines is 1. The molecule has 0 fully saturated rings. The smallest absolute Gasteiger partial charge is 0.295 e. The van der Waals surface area contributed by atoms with Crippen molar-refractivity contribution in [1.82, 2.24) is 14.8 Å². The van der Waals surface area contributed by atoms with Gasteiger partial charge in [-0.05, 0) is 67.6 Å². The zero-order valence-corrected chi connectivity index (χ0v) is 18.1. The van der Waals surface area contributed by atoms with Gasteiger partial charge in [-0.3, -0.25) is 4.79 Å². The molecule has 0 unspecified atom stereocenters. The third-order valence-electron chi connectivity index (χ3n) is 5.18. The van der Waals surface area contributed by atoms with Gasteiger partial charge in [0.1, 0.15) is 5.82 Å². The molecule has 4 aromatic rings. The number of nitrogens with one attached hydrogen (secondary N) is 1. The second kappa shape index (κ2) is 8.96. The number of rotatable bonds is 6. The molecule has 0 aliphatic carbocycles. The Balaban J connectivity index is 1.65. The summed E-state index contributed by atoms with van der Waals surface area (Å²) >= 11 is 0. The Morgan fingerprint density at radius 3 is 2.26 bits per heavy atom. The van der Waals surface area contributed by atoms with Crippen LogP contribution < -0.4 is 5.32 Å². The molecular weight excluding hydrogens is 384 g/mol. The Bertz CT molecular complexity index is 1190. The molecular formula is C26H26N4O. The topological polar surface area (TPSA) is 59.8 Å². The highest BCUT2D eigenvalue weighted by Gasteiger charge is 2.18. The highest BCUT2D eigenvalue weighted by molar-refractivity contribution is 6.01. The minimum atomic E-state index is -0.307. The van der Waals surface area contributed by atoms with Gasteiger partial charge in [0.15, 0.2) is 0 Å². The van der Waals surface area contributed by atoms with Crippen LogP contribution in [0.15, 0.2) is 72.8 Å². The van der Waals surface area contributed by atoms with Crippen molar-refractivity contribution in [3.8, 4) is 5.69 Å². The van der Waals surface area contributed by atoms with Crippen molar-refractivity contribution in [3.63, 3.8) is 0 Å². The fourth-order valence-corrected chi connectivity index (χ4v) is 3.73. The van der Waals surface area contributed by atoms with E-state index in [4.69, 9.17) is 0 Å². The lowest BCUT2D eigenvalue weighted by Crippen LogP contribution is -2.14. The minimum absolute atomic E-state index is 0.172. The molecule has 5 heteroatoms. The molecule has 1 aromatic heterocycles. The molecule has 156 valence electrons. The summed E-state index contributed by atoms with van der Waals surface area (Å²) in [5, 5.41) is 7.53. The van der Waals surface area contributed by atoms with E-state index in [0.717, 1.165) is 40.3 Å². The third-order valence-corrected chi connectivity index (χ3v) is 5.18. The van der Waals surface area contributed by atoms with Crippen molar-refractivity contribution >= 4 is 11.6 Å². The van der Waals surface area contributed by atoms with Gasteiger partial charge in [-0.15, -0.1) is 5.10 Å². The van der Waals surface area contributed by atoms with Gasteiger partial charge >= 0.3 is 0 Å². The van der Waals surface area contributed by atoms with Crippen molar-refractivity contribution in [2.45, 2.75) is 33.6 Å². The Labute approximate surface area is 182 Å². The number of aromatic nitrogens is 3. The predicted molar refractivity (Wildman–Crippen MR) is 124 cm³/mol. The van der Waals surface area contributed by atoms with Crippen molar-refractivity contribution in [2.75, 3.05) is 5.32 Å². The van der Waals surface area contributed by atoms with E-state index < -0.39 is 0 Å². The van der Waals surface area contributed by atoms with Gasteiger partial charge in [-0.1, -0.05) is 54.6 Å². The number of carbonyl (C=O) groups excluding carboxylic acids is 1. The van der Waals surface area contributed by atoms with E-state index in [9.17, 15) is 4.79 Å². The Kier molecular flexibility index (Phi) is 5.94. The zero-order valence-electron chi connectivity index (χ0n) is 18.1. The van der Waals surface area contributed by atoms with Gasteiger partial charge in [-0.25, -0.2) is 9.67 Å². The van der Waals surface area contributed by atoms with Crippen LogP contribution in [0.25, 0.3) is 5.69 Å². The molecule has 4 rings (SSSR count). The SMILES string of the molecule is Cc1cc(C)cc(NC(=O)c2nc(CCc3ccccc3)n(-c3ccccc3C)n2)c1. The molecule has 0 aliphatic heterocycles. The lowest BCUT2D eigenvalue weighted by Gasteiger charge is -2.08. The summed E-state index contributed by atoms with van der Waals surface area (Å²) in [6, 6.07) is 24.2. The van der Waals surface area contributed by atoms with Crippen LogP contribution in [0.3, 0.4) is 0 Å². The number of carbonyl (C=O) groups is 1. The van der Waals surface area contributed by atoms with Gasteiger partial charge in [-0.2, -0.15) is 0 Å². The first-order valence-electron chi connectivity index (χ1n) is 10.4. The summed E-state index contributed by atoms with van der Waals surface area (Å²) in [5.74, 6) is 0.632. The van der Waals surface area contributed by atoms with Crippen LogP contribution >= 0.6 is 0 Å². The van der Waals surface area contributed by atoms with Crippen molar-refractivity contribution in [3.05, 3.63) is 107 Å². The van der Waals surface area contributed by atoms with Crippen LogP contribution in [-0.4, -0.2) is 20.7 Å². The summed E-state index contributed by atoms with van der Waals surface area (Å²) in [7, 11) is 0. The van der Waals surface area contributed by atoms with Gasteiger partial charge < -0.3 is 5.32 Å². The maximum absolute atomic E-state index is 12.9. The lowest BCUT2D eigenvalue weighted by atomic mass is 10.1. The molecule has 5 nitrogen and oxygen atoms in total. The quantitative estimate of drug-likeness (QED) is 0.473. The zero-order chi connectivity index (χ0) is 21.8. The number of para-hydroxylation sites is 1. The monoisotopic (exact) mass is 410 g/mol. The number of nitrogens with zero attached hydrogens (tertiary/aromatic N) is 3. The van der Waals surface area contributed by atoms with Crippen molar-refractivity contribution in [1.29, 1.82) is 0 Å². The minimum Gasteiger partial charge on any atom is -0.319 e. The van der Waals surface area contributed by atoms with E-state index in [-0.39, 0.29) is 11.7 Å². The second-order valence-electron chi connectivity index (χ2n) is 7.87. The molecule has 0 saturated heterocycles. The highest BCUT2D eigenvalue weighted by atomic mass is 16.2. The van der Waals surface area contributed by atoms with E-state index in [0.29, 0.717) is 6.42 Å². The molecule has 0 radical (unpaired) electrons. The summed E-state index contributed by atoms with van der Waals surface area (Å²) in [5.41, 5.74) is 6.18. The summed E-state index contributed by atoms with van der Waals surface area (Å²) in [6.45, 7) is 6.05. The van der Waals surface area contributed by atoms with E-state index in [2.05, 4.69) is 33.6 Å². The molecule has 1 N–H and O–H groups in total. The molecule has 3 aromatic carbocycles. The van der Waals surface area contributed by atoms with Crippen LogP contribution in [0.1, 0.15) is 38.7 Å². The number of amides is 1. The first-order chi connectivity index (χ1) is 15.0. The van der Waals surface area contributed by atoms with Crippen molar-refractivity contribution < 1.29 is 4.79 Å². The Hall–Kier alpha value is -3.73. The second-order valence-corrected chi connectivity index (χ2v) is 7.87. The van der Waals surface area contributed by atoms with E-state index in [1.165, 1.54) is 5.56 Å². The van der Waals surface area contributed by atoms with Crippen molar-refractivity contribution in [2.24, 2.45) is 0 Å². The van der Waals surface area contributed by atoms with Crippen LogP contribution in [0.4, 0.5) is 5.69 Å². The van der Waals surface area contributed by atoms with E-state index in [1.807, 2.05) is 75.4 Å². The predicted octanol–water partition coefficient (Wildman–Crippen LogP) is 5.23. The van der Waals surface area contributed by atoms with Crippen LogP contribution in [0.5, 0.6) is 0 Å². The maximum Gasteiger partial charge on any atom is 0.295 e. The summed E-state index contributed by atoms with van der Waals surface area (Å²) in [4.78, 5) is 17.6. The average molecular weight is 411 g/mol. The summed E-state index contributed by atoms with van der Waals surface area (Å²) in [6.07, 6.45) is 1.51. The van der Waals surface area contributed by atoms with Gasteiger partial charge in [0.25, 0.3) is 5.91 Å². The fraction of sp³-hybridized carbons (Fsp3) is 0.192. The normalized spacial score (nSPS) is 10.8. The Morgan fingerprint density at radius 2 is 1.55 bits per heavy atom. The van der Waals surface area contributed by atoms with E-state index >= 15 is 0 Å². The Morgan fingerprint density at radius 1 is 0.871 bits per heavy atom. The number of benzene rings is 3. The fourth-order valence-electron chi connectivity index (χ4n) is 3.73. The van der Waals surface area contributed by atoms with Gasteiger partial charge in [0.05, 0.1) is 5.69 Å². The molecule has 31 heavy (non-hydrogen) atoms. The molecule has 0 aliphatic rings. The molecule has 0 atom stereocenters. The van der Waals surface area contributed by atoms with Crippen LogP contribution in [0.2, 0.25) is 0 Å². The molecule has 1 amide bonds. The lowest BCUT2D eigenvalue weighted by molar-refractivity contribution is 0.101. The molecule has 0 spiro atoms. The molecule has 0 bridgehead atoms. The van der Waals surface area contributed by atoms with Crippen LogP contribution in [-0.2, 0) is 12.8 Å². The largest absolute Gasteiger partial charge is 0.319 e. The van der Waals surface area contributed by atoms with Gasteiger partial charge in [0.2, 0.25) is 5.82 Å². The molecule has 0 saturated carbocycles. The maximum atomic E-state index is 12.9. The van der Waals surface area contributed by atoms with Gasteiger partial charge in [0, 0.05) is 12.1 Å². The van der Waals surface area contributed by atoms with Crippen LogP contribution in [0, 0.1) is 20.8 Å². The number of hydrogen-bond acceptors (Lipinski definition) is 3. The third kappa shape index (κ3) is 4.89. The number of aryl methyl sites for hydroxylation is 5. The summed E-state index contributed by atoms with van der Waals surface area (Å²) < 4.78 is 1.80. The first kappa shape index (κ1) is 20.5. The highest BCUT2D eigenvalue weighted by Crippen LogP contribution is 2.18. The number of hydrogen-bond donors (Lipinski definition) is 1. The van der Waals surface area contributed by atoms with E-state index in [1.54, 1.807) is 4.68 Å².